The van der Waals surface area contributed by atoms with Gasteiger partial charge in [-0.05, 0) is 37.5 Å². The predicted octanol–water partition coefficient (Wildman–Crippen LogP) is 0.243. The molecule has 4 aromatic rings. The van der Waals surface area contributed by atoms with Gasteiger partial charge in [0.25, 0.3) is 5.56 Å². The fourth-order valence-electron chi connectivity index (χ4n) is 5.53. The molecule has 1 saturated carbocycles. The maximum atomic E-state index is 16.0. The average Bonchev–Trinajstić information content (AvgIpc) is 3.72. The highest BCUT2D eigenvalue weighted by Gasteiger charge is 2.50. The van der Waals surface area contributed by atoms with Gasteiger partial charge in [-0.2, -0.15) is 0 Å². The van der Waals surface area contributed by atoms with E-state index in [-0.39, 0.29) is 66.4 Å². The Balaban J connectivity index is 1.19. The van der Waals surface area contributed by atoms with Crippen LogP contribution in [0.3, 0.4) is 0 Å². The van der Waals surface area contributed by atoms with Gasteiger partial charge in [0.05, 0.1) is 37.3 Å². The van der Waals surface area contributed by atoms with E-state index >= 15 is 4.39 Å². The van der Waals surface area contributed by atoms with Gasteiger partial charge in [0.2, 0.25) is 0 Å². The Morgan fingerprint density at radius 3 is 2.64 bits per heavy atom. The van der Waals surface area contributed by atoms with Crippen LogP contribution in [-0.4, -0.2) is 90.9 Å². The Kier molecular flexibility index (Phi) is 7.82. The quantitative estimate of drug-likeness (QED) is 0.184. The highest BCUT2D eigenvalue weighted by Crippen LogP contribution is 2.53. The van der Waals surface area contributed by atoms with Crippen molar-refractivity contribution in [2.75, 3.05) is 12.3 Å². The fourth-order valence-corrected chi connectivity index (χ4v) is 7.34. The Hall–Kier alpha value is -2.96. The van der Waals surface area contributed by atoms with Gasteiger partial charge in [0.1, 0.15) is 17.9 Å². The number of aliphatic hydroxyl groups is 2. The molecule has 1 saturated heterocycles. The maximum Gasteiger partial charge on any atom is 0.325 e. The van der Waals surface area contributed by atoms with E-state index in [0.29, 0.717) is 5.65 Å². The first-order chi connectivity index (χ1) is 20.1. The highest BCUT2D eigenvalue weighted by atomic mass is 32.5. The summed E-state index contributed by atoms with van der Waals surface area (Å²) in [6.45, 7) is -4.31. The second-order valence-electron chi connectivity index (χ2n) is 10.3. The van der Waals surface area contributed by atoms with Gasteiger partial charge < -0.3 is 39.2 Å². The molecule has 2 aliphatic rings. The smallest absolute Gasteiger partial charge is 0.325 e. The van der Waals surface area contributed by atoms with Gasteiger partial charge >= 0.3 is 6.72 Å². The lowest BCUT2D eigenvalue weighted by Gasteiger charge is -2.27. The van der Waals surface area contributed by atoms with Crippen molar-refractivity contribution in [3.63, 3.8) is 0 Å². The zero-order valence-corrected chi connectivity index (χ0v) is 24.0. The molecule has 0 amide bonds. The first kappa shape index (κ1) is 29.1. The number of nitrogens with two attached hydrogens (primary N) is 1. The van der Waals surface area contributed by atoms with E-state index in [1.165, 1.54) is 34.4 Å². The summed E-state index contributed by atoms with van der Waals surface area (Å²) in [5, 5.41) is 20.1. The van der Waals surface area contributed by atoms with Crippen molar-refractivity contribution in [2.45, 2.75) is 68.5 Å². The second-order valence-corrected chi connectivity index (χ2v) is 13.1. The van der Waals surface area contributed by atoms with Gasteiger partial charge in [-0.15, -0.1) is 0 Å². The molecule has 2 fully saturated rings. The Morgan fingerprint density at radius 2 is 1.86 bits per heavy atom. The number of rotatable bonds is 9. The van der Waals surface area contributed by atoms with Crippen LogP contribution < -0.4 is 11.3 Å². The molecule has 0 bridgehead atoms. The van der Waals surface area contributed by atoms with E-state index in [9.17, 15) is 19.9 Å². The minimum Gasteiger partial charge on any atom is -0.396 e. The number of halogens is 1. The van der Waals surface area contributed by atoms with Crippen LogP contribution in [0.1, 0.15) is 38.0 Å². The molecule has 0 spiro atoms. The van der Waals surface area contributed by atoms with Gasteiger partial charge in [0.15, 0.2) is 35.0 Å². The van der Waals surface area contributed by atoms with Gasteiger partial charge in [-0.25, -0.2) is 29.3 Å². The van der Waals surface area contributed by atoms with Crippen LogP contribution in [-0.2, 0) is 32.6 Å². The number of aliphatic hydroxyl groups excluding tert-OH is 2. The van der Waals surface area contributed by atoms with Crippen molar-refractivity contribution in [2.24, 2.45) is 7.05 Å². The van der Waals surface area contributed by atoms with E-state index in [2.05, 4.69) is 24.9 Å². The zero-order chi connectivity index (χ0) is 29.8. The Morgan fingerprint density at radius 1 is 1.12 bits per heavy atom. The van der Waals surface area contributed by atoms with Crippen molar-refractivity contribution < 1.29 is 33.3 Å². The summed E-state index contributed by atoms with van der Waals surface area (Å²) in [7, 11) is 1.57. The van der Waals surface area contributed by atoms with E-state index in [1.54, 1.807) is 11.6 Å². The number of fused-ring (bicyclic) bond motifs is 2. The van der Waals surface area contributed by atoms with Crippen molar-refractivity contribution in [3.8, 4) is 0 Å². The lowest BCUT2D eigenvalue weighted by atomic mass is 10.1. The molecule has 5 N–H and O–H groups in total. The molecule has 0 aromatic carbocycles. The first-order valence-electron chi connectivity index (χ1n) is 13.2. The number of aromatic nitrogens is 8. The number of anilines is 1. The lowest BCUT2D eigenvalue weighted by molar-refractivity contribution is -0.0289. The predicted molar refractivity (Wildman–Crippen MR) is 148 cm³/mol. The molecule has 5 heterocycles. The van der Waals surface area contributed by atoms with Crippen LogP contribution in [0.4, 0.5) is 10.2 Å². The molecule has 19 heteroatoms. The molecular weight excluding hydrogens is 596 g/mol. The molecule has 1 aliphatic carbocycles. The third-order valence-electron chi connectivity index (χ3n) is 7.58. The standard InChI is InChI=1S/C23H29FN9O7PS/c1-31-8-30-21-17(22(31)36)29-9-32(21)11-5-12(35)14(6-11)39-41(37,42)40-18-13(3-2-4-34)38-23(15(18)24)33-10-28-16-19(25)26-7-27-20(16)33/h7-15,18,23,34-35H,2-6H2,1H3,(H,37,42)(H2,25,26,27)/t11-,12-,13+,14-,15+,18+,23+,41?/m0/s1. The molecule has 1 unspecified atom stereocenters. The molecule has 226 valence electrons. The number of nitrogen functional groups attached to an aromatic ring is 1. The average molecular weight is 626 g/mol. The number of hydrogen-bond acceptors (Lipinski definition) is 13. The summed E-state index contributed by atoms with van der Waals surface area (Å²) in [5.74, 6) is 0.117. The van der Waals surface area contributed by atoms with Crippen molar-refractivity contribution in [1.29, 1.82) is 0 Å². The van der Waals surface area contributed by atoms with E-state index in [0.717, 1.165) is 0 Å². The van der Waals surface area contributed by atoms with Crippen molar-refractivity contribution in [1.82, 2.24) is 38.6 Å². The number of hydrogen-bond donors (Lipinski definition) is 4. The summed E-state index contributed by atoms with van der Waals surface area (Å²) in [4.78, 5) is 44.1. The minimum absolute atomic E-state index is 0.117. The van der Waals surface area contributed by atoms with Crippen LogP contribution in [0.15, 0.2) is 30.1 Å². The van der Waals surface area contributed by atoms with Crippen LogP contribution >= 0.6 is 6.72 Å². The number of ether oxygens (including phenoxy) is 1. The number of imidazole rings is 2. The van der Waals surface area contributed by atoms with E-state index in [4.69, 9.17) is 31.3 Å². The highest BCUT2D eigenvalue weighted by molar-refractivity contribution is 8.07. The summed E-state index contributed by atoms with van der Waals surface area (Å²) < 4.78 is 37.7. The molecule has 16 nitrogen and oxygen atoms in total. The van der Waals surface area contributed by atoms with Crippen LogP contribution in [0, 0.1) is 0 Å². The third-order valence-corrected chi connectivity index (χ3v) is 9.15. The molecule has 6 rings (SSSR count). The van der Waals surface area contributed by atoms with Crippen LogP contribution in [0.2, 0.25) is 0 Å². The fraction of sp³-hybridized carbons (Fsp3) is 0.565. The summed E-state index contributed by atoms with van der Waals surface area (Å²) in [5.41, 5.74) is 6.61. The third kappa shape index (κ3) is 5.22. The van der Waals surface area contributed by atoms with E-state index < -0.39 is 43.5 Å². The lowest BCUT2D eigenvalue weighted by Crippen LogP contribution is -2.32. The molecule has 8 atom stereocenters. The molecule has 42 heavy (non-hydrogen) atoms. The SMILES string of the molecule is Cn1cnc2c(ncn2[C@@H]2C[C@H](OP(O)(=S)O[C@H]3[C@@H](F)[C@H](n4cnc5c(N)ncnc54)O[C@@H]3CCCO)[C@@H](O)C2)c1=O. The Bertz CT molecular complexity index is 1720. The van der Waals surface area contributed by atoms with E-state index in [1.807, 2.05) is 0 Å². The van der Waals surface area contributed by atoms with Crippen molar-refractivity contribution in [3.05, 3.63) is 35.7 Å². The molecule has 1 aliphatic heterocycles. The monoisotopic (exact) mass is 625 g/mol. The summed E-state index contributed by atoms with van der Waals surface area (Å²) in [6.07, 6.45) is -1.06. The number of nitrogens with zero attached hydrogens (tertiary/aromatic N) is 8. The number of aryl methyl sites for hydroxylation is 1. The van der Waals surface area contributed by atoms with Gasteiger partial charge in [-0.1, -0.05) is 0 Å². The molecule has 4 aromatic heterocycles. The van der Waals surface area contributed by atoms with Crippen LogP contribution in [0.25, 0.3) is 22.3 Å². The van der Waals surface area contributed by atoms with Crippen molar-refractivity contribution >= 4 is 46.7 Å². The topological polar surface area (TPSA) is 211 Å². The largest absolute Gasteiger partial charge is 0.396 e. The zero-order valence-electron chi connectivity index (χ0n) is 22.2. The first-order valence-corrected chi connectivity index (χ1v) is 15.8. The Labute approximate surface area is 242 Å². The molecule has 0 radical (unpaired) electrons. The van der Waals surface area contributed by atoms with Crippen LogP contribution in [0.5, 0.6) is 0 Å². The molecular formula is C23H29FN9O7PS. The summed E-state index contributed by atoms with van der Waals surface area (Å²) >= 11 is 5.28. The minimum atomic E-state index is -4.13. The second kappa shape index (κ2) is 11.3. The number of alkyl halides is 1. The maximum absolute atomic E-state index is 16.0. The normalized spacial score (nSPS) is 29.5. The summed E-state index contributed by atoms with van der Waals surface area (Å²) in [6, 6.07) is -0.362. The van der Waals surface area contributed by atoms with Gasteiger partial charge in [0, 0.05) is 19.7 Å². The van der Waals surface area contributed by atoms with Gasteiger partial charge in [-0.3, -0.25) is 13.9 Å².